The average molecular weight is 354 g/mol. The number of piperidine rings is 1. The lowest BCUT2D eigenvalue weighted by Gasteiger charge is -2.31. The molecule has 0 unspecified atom stereocenters. The van der Waals surface area contributed by atoms with Crippen LogP contribution >= 0.6 is 0 Å². The molecule has 1 aromatic heterocycles. The fraction of sp³-hybridized carbons (Fsp3) is 0.429. The van der Waals surface area contributed by atoms with Crippen molar-refractivity contribution in [1.82, 2.24) is 4.90 Å². The molecule has 1 aliphatic rings. The van der Waals surface area contributed by atoms with E-state index in [0.29, 0.717) is 37.6 Å². The van der Waals surface area contributed by atoms with Gasteiger partial charge in [-0.05, 0) is 48.9 Å². The maximum Gasteiger partial charge on any atom is 0.289 e. The van der Waals surface area contributed by atoms with Crippen molar-refractivity contribution in [3.63, 3.8) is 0 Å². The summed E-state index contributed by atoms with van der Waals surface area (Å²) in [5, 5.41) is 3.14. The first-order valence-electron chi connectivity index (χ1n) is 9.20. The van der Waals surface area contributed by atoms with Crippen molar-refractivity contribution in [2.24, 2.45) is 5.92 Å². The number of carbonyl (C=O) groups is 2. The van der Waals surface area contributed by atoms with Gasteiger partial charge in [-0.3, -0.25) is 9.59 Å². The Hall–Kier alpha value is -2.56. The van der Waals surface area contributed by atoms with E-state index in [2.05, 4.69) is 25.2 Å². The van der Waals surface area contributed by atoms with E-state index in [-0.39, 0.29) is 17.7 Å². The Labute approximate surface area is 154 Å². The lowest BCUT2D eigenvalue weighted by atomic mass is 9.94. The number of likely N-dealkylation sites (tertiary alicyclic amines) is 1. The van der Waals surface area contributed by atoms with E-state index in [9.17, 15) is 9.59 Å². The second-order valence-electron chi connectivity index (χ2n) is 7.23. The fourth-order valence-electron chi connectivity index (χ4n) is 3.47. The van der Waals surface area contributed by atoms with Crippen LogP contribution in [-0.4, -0.2) is 29.8 Å². The second kappa shape index (κ2) is 7.77. The van der Waals surface area contributed by atoms with E-state index in [1.54, 1.807) is 17.0 Å². The predicted molar refractivity (Wildman–Crippen MR) is 101 cm³/mol. The Morgan fingerprint density at radius 3 is 2.50 bits per heavy atom. The second-order valence-corrected chi connectivity index (χ2v) is 7.23. The summed E-state index contributed by atoms with van der Waals surface area (Å²) in [6.07, 6.45) is 2.84. The van der Waals surface area contributed by atoms with E-state index in [1.807, 2.05) is 19.1 Å². The Balaban J connectivity index is 1.62. The summed E-state index contributed by atoms with van der Waals surface area (Å²) >= 11 is 0. The van der Waals surface area contributed by atoms with Gasteiger partial charge in [0.1, 0.15) is 0 Å². The molecule has 1 aliphatic heterocycles. The molecule has 5 heteroatoms. The van der Waals surface area contributed by atoms with E-state index >= 15 is 0 Å². The van der Waals surface area contributed by atoms with Gasteiger partial charge in [-0.25, -0.2) is 0 Å². The molecule has 2 aromatic rings. The molecule has 26 heavy (non-hydrogen) atoms. The topological polar surface area (TPSA) is 62.6 Å². The van der Waals surface area contributed by atoms with Crippen molar-refractivity contribution in [1.29, 1.82) is 0 Å². The molecule has 3 rings (SSSR count). The average Bonchev–Trinajstić information content (AvgIpc) is 3.17. The van der Waals surface area contributed by atoms with Gasteiger partial charge < -0.3 is 14.6 Å². The molecule has 0 radical (unpaired) electrons. The monoisotopic (exact) mass is 354 g/mol. The van der Waals surface area contributed by atoms with Crippen molar-refractivity contribution >= 4 is 17.5 Å². The maximum absolute atomic E-state index is 12.8. The first-order valence-corrected chi connectivity index (χ1v) is 9.20. The van der Waals surface area contributed by atoms with Gasteiger partial charge in [0.15, 0.2) is 5.76 Å². The quantitative estimate of drug-likeness (QED) is 0.895. The number of hydrogen-bond donors (Lipinski definition) is 1. The minimum atomic E-state index is -0.102. The van der Waals surface area contributed by atoms with Gasteiger partial charge in [-0.15, -0.1) is 0 Å². The minimum absolute atomic E-state index is 0.0475. The third kappa shape index (κ3) is 3.82. The fourth-order valence-corrected chi connectivity index (χ4v) is 3.47. The first kappa shape index (κ1) is 18.2. The van der Waals surface area contributed by atoms with Crippen LogP contribution < -0.4 is 5.32 Å². The summed E-state index contributed by atoms with van der Waals surface area (Å²) in [6, 6.07) is 9.50. The highest BCUT2D eigenvalue weighted by molar-refractivity contribution is 5.95. The molecule has 1 saturated heterocycles. The number of nitrogens with one attached hydrogen (secondary N) is 1. The first-order chi connectivity index (χ1) is 12.5. The number of aryl methyl sites for hydroxylation is 1. The van der Waals surface area contributed by atoms with Crippen LogP contribution in [-0.2, 0) is 4.79 Å². The van der Waals surface area contributed by atoms with E-state index in [1.165, 1.54) is 6.26 Å². The van der Waals surface area contributed by atoms with Gasteiger partial charge in [-0.1, -0.05) is 32.0 Å². The lowest BCUT2D eigenvalue weighted by molar-refractivity contribution is -0.121. The van der Waals surface area contributed by atoms with Gasteiger partial charge in [0.05, 0.1) is 6.26 Å². The van der Waals surface area contributed by atoms with E-state index in [4.69, 9.17) is 4.42 Å². The lowest BCUT2D eigenvalue weighted by Crippen LogP contribution is -2.41. The summed E-state index contributed by atoms with van der Waals surface area (Å²) in [5.74, 6) is 0.573. The smallest absolute Gasteiger partial charge is 0.289 e. The van der Waals surface area contributed by atoms with Crippen LogP contribution in [0.2, 0.25) is 0 Å². The van der Waals surface area contributed by atoms with E-state index in [0.717, 1.165) is 16.8 Å². The molecular formula is C21H26N2O3. The zero-order valence-corrected chi connectivity index (χ0v) is 15.6. The molecule has 2 heterocycles. The number of anilines is 1. The van der Waals surface area contributed by atoms with Crippen LogP contribution in [0.4, 0.5) is 5.69 Å². The van der Waals surface area contributed by atoms with Crippen molar-refractivity contribution in [2.75, 3.05) is 18.4 Å². The highest BCUT2D eigenvalue weighted by atomic mass is 16.3. The summed E-state index contributed by atoms with van der Waals surface area (Å²) in [5.41, 5.74) is 3.17. The number of hydrogen-bond acceptors (Lipinski definition) is 3. The molecule has 5 nitrogen and oxygen atoms in total. The number of para-hydroxylation sites is 1. The standard InChI is InChI=1S/C21H26N2O3/c1-14(2)17-7-4-6-15(3)19(17)22-20(24)16-9-11-23(12-10-16)21(25)18-8-5-13-26-18/h4-8,13-14,16H,9-12H2,1-3H3,(H,22,24). The van der Waals surface area contributed by atoms with Gasteiger partial charge in [0.2, 0.25) is 5.91 Å². The highest BCUT2D eigenvalue weighted by Crippen LogP contribution is 2.29. The molecule has 0 atom stereocenters. The van der Waals surface area contributed by atoms with Crippen LogP contribution in [0, 0.1) is 12.8 Å². The number of furan rings is 1. The van der Waals surface area contributed by atoms with Crippen LogP contribution in [0.3, 0.4) is 0 Å². The van der Waals surface area contributed by atoms with Crippen molar-refractivity contribution in [2.45, 2.75) is 39.5 Å². The van der Waals surface area contributed by atoms with Crippen LogP contribution in [0.1, 0.15) is 54.3 Å². The molecule has 0 spiro atoms. The van der Waals surface area contributed by atoms with Gasteiger partial charge in [0, 0.05) is 24.7 Å². The summed E-state index contributed by atoms with van der Waals surface area (Å²) in [7, 11) is 0. The molecule has 2 amide bonds. The van der Waals surface area contributed by atoms with Crippen LogP contribution in [0.5, 0.6) is 0 Å². The minimum Gasteiger partial charge on any atom is -0.459 e. The molecule has 138 valence electrons. The number of amides is 2. The number of nitrogens with zero attached hydrogens (tertiary/aromatic N) is 1. The third-order valence-electron chi connectivity index (χ3n) is 5.06. The largest absolute Gasteiger partial charge is 0.459 e. The van der Waals surface area contributed by atoms with Gasteiger partial charge >= 0.3 is 0 Å². The van der Waals surface area contributed by atoms with Gasteiger partial charge in [-0.2, -0.15) is 0 Å². The molecule has 1 fully saturated rings. The van der Waals surface area contributed by atoms with Crippen molar-refractivity contribution in [3.05, 3.63) is 53.5 Å². The third-order valence-corrected chi connectivity index (χ3v) is 5.06. The molecule has 1 aromatic carbocycles. The SMILES string of the molecule is Cc1cccc(C(C)C)c1NC(=O)C1CCN(C(=O)c2ccco2)CC1. The highest BCUT2D eigenvalue weighted by Gasteiger charge is 2.29. The number of carbonyl (C=O) groups excluding carboxylic acids is 2. The van der Waals surface area contributed by atoms with Crippen molar-refractivity contribution < 1.29 is 14.0 Å². The number of benzene rings is 1. The summed E-state index contributed by atoms with van der Waals surface area (Å²) < 4.78 is 5.18. The Morgan fingerprint density at radius 1 is 1.15 bits per heavy atom. The normalized spacial score (nSPS) is 15.3. The van der Waals surface area contributed by atoms with Crippen LogP contribution in [0.25, 0.3) is 0 Å². The number of rotatable bonds is 4. The molecule has 1 N–H and O–H groups in total. The van der Waals surface area contributed by atoms with Crippen molar-refractivity contribution in [3.8, 4) is 0 Å². The summed E-state index contributed by atoms with van der Waals surface area (Å²) in [6.45, 7) is 7.42. The zero-order valence-electron chi connectivity index (χ0n) is 15.6. The van der Waals surface area contributed by atoms with Gasteiger partial charge in [0.25, 0.3) is 5.91 Å². The Kier molecular flexibility index (Phi) is 5.45. The molecule has 0 saturated carbocycles. The predicted octanol–water partition coefficient (Wildman–Crippen LogP) is 4.20. The Bertz CT molecular complexity index is 773. The van der Waals surface area contributed by atoms with E-state index < -0.39 is 0 Å². The van der Waals surface area contributed by atoms with Crippen LogP contribution in [0.15, 0.2) is 41.0 Å². The summed E-state index contributed by atoms with van der Waals surface area (Å²) in [4.78, 5) is 26.9. The Morgan fingerprint density at radius 2 is 1.88 bits per heavy atom. The maximum atomic E-state index is 12.8. The molecule has 0 aliphatic carbocycles. The molecule has 0 bridgehead atoms. The molecular weight excluding hydrogens is 328 g/mol. The zero-order chi connectivity index (χ0) is 18.7.